The molecule has 0 unspecified atom stereocenters. The summed E-state index contributed by atoms with van der Waals surface area (Å²) in [6, 6.07) is 0.272. The number of carbonyl (C=O) groups excluding carboxylic acids is 1. The molecule has 2 aromatic heterocycles. The molecular weight excluding hydrogens is 360 g/mol. The average molecular weight is 391 g/mol. The van der Waals surface area contributed by atoms with Crippen molar-refractivity contribution in [2.75, 3.05) is 11.9 Å². The van der Waals surface area contributed by atoms with Crippen molar-refractivity contribution in [2.24, 2.45) is 5.92 Å². The second-order valence-electron chi connectivity index (χ2n) is 7.70. The Labute approximate surface area is 165 Å². The van der Waals surface area contributed by atoms with E-state index in [1.807, 2.05) is 10.9 Å². The van der Waals surface area contributed by atoms with Gasteiger partial charge in [0.05, 0.1) is 18.1 Å². The van der Waals surface area contributed by atoms with Gasteiger partial charge >= 0.3 is 0 Å². The van der Waals surface area contributed by atoms with Crippen molar-refractivity contribution in [1.29, 1.82) is 0 Å². The number of carbonyl (C=O) groups is 1. The van der Waals surface area contributed by atoms with E-state index in [0.717, 1.165) is 34.8 Å². The molecule has 1 fully saturated rings. The summed E-state index contributed by atoms with van der Waals surface area (Å²) in [5.41, 5.74) is 0.811. The fourth-order valence-corrected chi connectivity index (χ4v) is 4.07. The van der Waals surface area contributed by atoms with Gasteiger partial charge in [0.15, 0.2) is 10.8 Å². The Morgan fingerprint density at radius 1 is 1.26 bits per heavy atom. The lowest BCUT2D eigenvalue weighted by atomic mass is 10.1. The highest BCUT2D eigenvalue weighted by molar-refractivity contribution is 7.99. The molecule has 3 rings (SSSR count). The molecule has 8 heteroatoms. The number of hydrogen-bond acceptors (Lipinski definition) is 6. The van der Waals surface area contributed by atoms with Crippen LogP contribution < -0.4 is 10.6 Å². The van der Waals surface area contributed by atoms with E-state index in [4.69, 9.17) is 4.98 Å². The van der Waals surface area contributed by atoms with E-state index in [-0.39, 0.29) is 17.9 Å². The van der Waals surface area contributed by atoms with Crippen molar-refractivity contribution in [3.63, 3.8) is 0 Å². The van der Waals surface area contributed by atoms with Gasteiger partial charge in [0.25, 0.3) is 0 Å². The van der Waals surface area contributed by atoms with Gasteiger partial charge in [-0.2, -0.15) is 5.10 Å². The third kappa shape index (κ3) is 5.12. The number of anilines is 1. The zero-order valence-corrected chi connectivity index (χ0v) is 17.5. The lowest BCUT2D eigenvalue weighted by Gasteiger charge is -2.13. The molecule has 2 aromatic rings. The molecule has 0 spiro atoms. The number of aromatic nitrogens is 4. The minimum Gasteiger partial charge on any atom is -0.367 e. The van der Waals surface area contributed by atoms with Crippen LogP contribution >= 0.6 is 11.8 Å². The van der Waals surface area contributed by atoms with Crippen molar-refractivity contribution < 1.29 is 4.79 Å². The molecule has 0 aromatic carbocycles. The van der Waals surface area contributed by atoms with E-state index in [0.29, 0.717) is 18.3 Å². The average Bonchev–Trinajstić information content (AvgIpc) is 3.24. The van der Waals surface area contributed by atoms with Crippen LogP contribution in [0.4, 0.5) is 5.82 Å². The highest BCUT2D eigenvalue weighted by Crippen LogP contribution is 2.27. The van der Waals surface area contributed by atoms with Crippen LogP contribution in [-0.4, -0.2) is 43.5 Å². The third-order valence-corrected chi connectivity index (χ3v) is 5.46. The van der Waals surface area contributed by atoms with E-state index < -0.39 is 0 Å². The minimum atomic E-state index is 0.178. The summed E-state index contributed by atoms with van der Waals surface area (Å²) in [4.78, 5) is 21.6. The number of hydrogen-bond donors (Lipinski definition) is 2. The number of amides is 1. The van der Waals surface area contributed by atoms with Crippen LogP contribution in [0.1, 0.15) is 53.4 Å². The molecular formula is C19H30N6OS. The van der Waals surface area contributed by atoms with Gasteiger partial charge in [0, 0.05) is 23.8 Å². The van der Waals surface area contributed by atoms with Gasteiger partial charge in [0.2, 0.25) is 5.91 Å². The molecule has 148 valence electrons. The Morgan fingerprint density at radius 2 is 2.00 bits per heavy atom. The molecule has 1 saturated carbocycles. The molecule has 1 aliphatic rings. The largest absolute Gasteiger partial charge is 0.367 e. The molecule has 2 heterocycles. The van der Waals surface area contributed by atoms with Gasteiger partial charge in [-0.3, -0.25) is 4.79 Å². The van der Waals surface area contributed by atoms with Gasteiger partial charge in [-0.25, -0.2) is 14.6 Å². The van der Waals surface area contributed by atoms with E-state index in [9.17, 15) is 4.79 Å². The van der Waals surface area contributed by atoms with Gasteiger partial charge in [-0.05, 0) is 26.7 Å². The molecule has 0 aliphatic heterocycles. The molecule has 0 atom stereocenters. The zero-order valence-electron chi connectivity index (χ0n) is 16.7. The number of nitrogens with one attached hydrogen (secondary N) is 2. The normalized spacial score (nSPS) is 15.2. The van der Waals surface area contributed by atoms with Crippen molar-refractivity contribution in [1.82, 2.24) is 25.1 Å². The first kappa shape index (κ1) is 19.9. The molecule has 7 nitrogen and oxygen atoms in total. The predicted molar refractivity (Wildman–Crippen MR) is 110 cm³/mol. The monoisotopic (exact) mass is 390 g/mol. The molecule has 27 heavy (non-hydrogen) atoms. The van der Waals surface area contributed by atoms with E-state index in [2.05, 4.69) is 48.4 Å². The van der Waals surface area contributed by atoms with Gasteiger partial charge in [-0.1, -0.05) is 38.5 Å². The maximum Gasteiger partial charge on any atom is 0.223 e. The van der Waals surface area contributed by atoms with Crippen LogP contribution in [-0.2, 0) is 11.3 Å². The predicted octanol–water partition coefficient (Wildman–Crippen LogP) is 3.45. The molecule has 1 aliphatic carbocycles. The molecule has 1 amide bonds. The lowest BCUT2D eigenvalue weighted by molar-refractivity contribution is -0.124. The summed E-state index contributed by atoms with van der Waals surface area (Å²) in [6.45, 7) is 9.60. The first-order chi connectivity index (χ1) is 12.9. The fourth-order valence-electron chi connectivity index (χ4n) is 3.36. The van der Waals surface area contributed by atoms with Crippen LogP contribution in [0.5, 0.6) is 0 Å². The summed E-state index contributed by atoms with van der Waals surface area (Å²) >= 11 is 1.64. The number of rotatable bonds is 8. The standard InChI is InChI=1S/C19H30N6OS/c1-12(2)22-16-15-11-21-25(17(15)24-19(23-16)27-13(3)4)10-9-20-18(26)14-7-5-6-8-14/h11-14H,5-10H2,1-4H3,(H,20,26)(H,22,23,24). The van der Waals surface area contributed by atoms with E-state index in [1.54, 1.807) is 11.8 Å². The fraction of sp³-hybridized carbons (Fsp3) is 0.684. The summed E-state index contributed by atoms with van der Waals surface area (Å²) in [5.74, 6) is 1.19. The maximum atomic E-state index is 12.2. The summed E-state index contributed by atoms with van der Waals surface area (Å²) in [7, 11) is 0. The molecule has 2 N–H and O–H groups in total. The Morgan fingerprint density at radius 3 is 2.67 bits per heavy atom. The van der Waals surface area contributed by atoms with E-state index >= 15 is 0 Å². The van der Waals surface area contributed by atoms with Crippen LogP contribution in [0.2, 0.25) is 0 Å². The third-order valence-electron chi connectivity index (χ3n) is 4.59. The van der Waals surface area contributed by atoms with Crippen LogP contribution in [0.3, 0.4) is 0 Å². The summed E-state index contributed by atoms with van der Waals surface area (Å²) in [5, 5.41) is 13.0. The minimum absolute atomic E-state index is 0.178. The second kappa shape index (κ2) is 8.91. The Balaban J connectivity index is 1.75. The molecule has 0 bridgehead atoms. The number of fused-ring (bicyclic) bond motifs is 1. The number of nitrogens with zero attached hydrogens (tertiary/aromatic N) is 4. The van der Waals surface area contributed by atoms with Crippen LogP contribution in [0.25, 0.3) is 11.0 Å². The van der Waals surface area contributed by atoms with Crippen LogP contribution in [0.15, 0.2) is 11.4 Å². The Hall–Kier alpha value is -1.83. The molecule has 0 saturated heterocycles. The lowest BCUT2D eigenvalue weighted by Crippen LogP contribution is -2.32. The first-order valence-corrected chi connectivity index (χ1v) is 10.8. The van der Waals surface area contributed by atoms with E-state index in [1.165, 1.54) is 12.8 Å². The van der Waals surface area contributed by atoms with Crippen LogP contribution in [0, 0.1) is 5.92 Å². The summed E-state index contributed by atoms with van der Waals surface area (Å²) < 4.78 is 1.86. The smallest absolute Gasteiger partial charge is 0.223 e. The highest BCUT2D eigenvalue weighted by Gasteiger charge is 2.22. The topological polar surface area (TPSA) is 84.7 Å². The first-order valence-electron chi connectivity index (χ1n) is 9.88. The van der Waals surface area contributed by atoms with Crippen molar-refractivity contribution in [3.05, 3.63) is 6.20 Å². The van der Waals surface area contributed by atoms with Crippen molar-refractivity contribution in [2.45, 2.75) is 76.4 Å². The highest BCUT2D eigenvalue weighted by atomic mass is 32.2. The zero-order chi connectivity index (χ0) is 19.4. The number of thioether (sulfide) groups is 1. The Kier molecular flexibility index (Phi) is 6.57. The van der Waals surface area contributed by atoms with Gasteiger partial charge < -0.3 is 10.6 Å². The quantitative estimate of drug-likeness (QED) is 0.530. The maximum absolute atomic E-state index is 12.2. The SMILES string of the molecule is CC(C)Nc1nc(SC(C)C)nc2c1cnn2CCNC(=O)C1CCCC1. The molecule has 0 radical (unpaired) electrons. The van der Waals surface area contributed by atoms with Gasteiger partial charge in [0.1, 0.15) is 5.82 Å². The second-order valence-corrected chi connectivity index (χ2v) is 9.24. The van der Waals surface area contributed by atoms with Crippen molar-refractivity contribution >= 4 is 34.5 Å². The van der Waals surface area contributed by atoms with Crippen molar-refractivity contribution in [3.8, 4) is 0 Å². The summed E-state index contributed by atoms with van der Waals surface area (Å²) in [6.07, 6.45) is 6.18. The van der Waals surface area contributed by atoms with Gasteiger partial charge in [-0.15, -0.1) is 0 Å². The Bertz CT molecular complexity index is 782.